The summed E-state index contributed by atoms with van der Waals surface area (Å²) in [6.45, 7) is 4.33. The molecule has 0 spiro atoms. The Morgan fingerprint density at radius 2 is 2.36 bits per heavy atom. The fourth-order valence-corrected chi connectivity index (χ4v) is 3.56. The Labute approximate surface area is 135 Å². The first-order valence-corrected chi connectivity index (χ1v) is 8.57. The summed E-state index contributed by atoms with van der Waals surface area (Å²) in [5.74, 6) is 0.0819. The number of ether oxygens (including phenoxy) is 1. The maximum atomic E-state index is 12.3. The lowest BCUT2D eigenvalue weighted by molar-refractivity contribution is -0.138. The number of amides is 2. The number of aryl methyl sites for hydroxylation is 1. The molecule has 0 bridgehead atoms. The van der Waals surface area contributed by atoms with Crippen molar-refractivity contribution in [3.05, 3.63) is 21.9 Å². The molecular weight excluding hydrogens is 300 g/mol. The summed E-state index contributed by atoms with van der Waals surface area (Å²) in [5.41, 5.74) is 1.29. The van der Waals surface area contributed by atoms with Gasteiger partial charge in [-0.2, -0.15) is 0 Å². The van der Waals surface area contributed by atoms with Crippen LogP contribution < -0.4 is 5.32 Å². The predicted octanol–water partition coefficient (Wildman–Crippen LogP) is 1.60. The van der Waals surface area contributed by atoms with Crippen molar-refractivity contribution in [2.45, 2.75) is 26.2 Å². The molecule has 1 N–H and O–H groups in total. The first kappa shape index (κ1) is 17.0. The van der Waals surface area contributed by atoms with Gasteiger partial charge in [-0.25, -0.2) is 0 Å². The van der Waals surface area contributed by atoms with E-state index in [4.69, 9.17) is 4.74 Å². The van der Waals surface area contributed by atoms with Crippen LogP contribution in [0, 0.1) is 12.8 Å². The lowest BCUT2D eigenvalue weighted by Crippen LogP contribution is -2.47. The van der Waals surface area contributed by atoms with Gasteiger partial charge in [-0.05, 0) is 36.8 Å². The van der Waals surface area contributed by atoms with Gasteiger partial charge in [0.25, 0.3) is 0 Å². The van der Waals surface area contributed by atoms with Gasteiger partial charge in [0, 0.05) is 38.0 Å². The van der Waals surface area contributed by atoms with E-state index in [1.807, 2.05) is 0 Å². The van der Waals surface area contributed by atoms with Crippen molar-refractivity contribution in [1.82, 2.24) is 10.2 Å². The van der Waals surface area contributed by atoms with E-state index in [9.17, 15) is 9.59 Å². The SMILES string of the molecule is COCCN1C[C@H](C(=O)NCCc2sccc2C)CCC1=O. The third-order valence-electron chi connectivity index (χ3n) is 4.06. The standard InChI is InChI=1S/C16H24N2O3S/c1-12-6-10-22-14(12)5-7-17-16(20)13-3-4-15(19)18(11-13)8-9-21-2/h6,10,13H,3-5,7-9,11H2,1-2H3,(H,17,20)/t13-/m1/s1. The Morgan fingerprint density at radius 1 is 1.55 bits per heavy atom. The highest BCUT2D eigenvalue weighted by atomic mass is 32.1. The molecule has 1 atom stereocenters. The second-order valence-electron chi connectivity index (χ2n) is 5.64. The molecule has 1 aliphatic rings. The molecule has 1 saturated heterocycles. The van der Waals surface area contributed by atoms with Crippen LogP contribution in [0.25, 0.3) is 0 Å². The average molecular weight is 324 g/mol. The molecule has 1 aromatic heterocycles. The molecule has 2 heterocycles. The van der Waals surface area contributed by atoms with Gasteiger partial charge < -0.3 is 15.0 Å². The van der Waals surface area contributed by atoms with Crippen molar-refractivity contribution in [2.24, 2.45) is 5.92 Å². The van der Waals surface area contributed by atoms with Gasteiger partial charge in [0.05, 0.1) is 12.5 Å². The summed E-state index contributed by atoms with van der Waals surface area (Å²) in [5, 5.41) is 5.08. The number of rotatable bonds is 7. The normalized spacial score (nSPS) is 18.5. The van der Waals surface area contributed by atoms with Crippen LogP contribution in [-0.4, -0.2) is 50.1 Å². The second-order valence-corrected chi connectivity index (χ2v) is 6.64. The predicted molar refractivity (Wildman–Crippen MR) is 86.9 cm³/mol. The summed E-state index contributed by atoms with van der Waals surface area (Å²) in [6.07, 6.45) is 1.96. The van der Waals surface area contributed by atoms with E-state index in [1.54, 1.807) is 23.3 Å². The highest BCUT2D eigenvalue weighted by molar-refractivity contribution is 7.10. The second kappa shape index (κ2) is 8.29. The summed E-state index contributed by atoms with van der Waals surface area (Å²) in [6, 6.07) is 2.10. The molecule has 0 unspecified atom stereocenters. The van der Waals surface area contributed by atoms with Gasteiger partial charge >= 0.3 is 0 Å². The molecule has 22 heavy (non-hydrogen) atoms. The van der Waals surface area contributed by atoms with Crippen LogP contribution in [0.3, 0.4) is 0 Å². The van der Waals surface area contributed by atoms with E-state index in [1.165, 1.54) is 10.4 Å². The number of nitrogens with zero attached hydrogens (tertiary/aromatic N) is 1. The Balaban J connectivity index is 1.77. The van der Waals surface area contributed by atoms with Crippen molar-refractivity contribution in [2.75, 3.05) is 33.4 Å². The van der Waals surface area contributed by atoms with Crippen LogP contribution in [-0.2, 0) is 20.7 Å². The van der Waals surface area contributed by atoms with Crippen molar-refractivity contribution in [3.8, 4) is 0 Å². The fourth-order valence-electron chi connectivity index (χ4n) is 2.65. The molecule has 0 saturated carbocycles. The number of methoxy groups -OCH3 is 1. The summed E-state index contributed by atoms with van der Waals surface area (Å²) in [4.78, 5) is 27.1. The first-order valence-electron chi connectivity index (χ1n) is 7.69. The molecule has 1 aromatic rings. The highest BCUT2D eigenvalue weighted by Gasteiger charge is 2.29. The van der Waals surface area contributed by atoms with Gasteiger partial charge in [-0.3, -0.25) is 9.59 Å². The van der Waals surface area contributed by atoms with Gasteiger partial charge in [0.15, 0.2) is 0 Å². The summed E-state index contributed by atoms with van der Waals surface area (Å²) < 4.78 is 5.01. The van der Waals surface area contributed by atoms with Gasteiger partial charge in [0.1, 0.15) is 0 Å². The molecule has 1 fully saturated rings. The first-order chi connectivity index (χ1) is 10.6. The largest absolute Gasteiger partial charge is 0.383 e. The topological polar surface area (TPSA) is 58.6 Å². The quantitative estimate of drug-likeness (QED) is 0.829. The van der Waals surface area contributed by atoms with Crippen molar-refractivity contribution in [3.63, 3.8) is 0 Å². The molecule has 122 valence electrons. The van der Waals surface area contributed by atoms with E-state index in [2.05, 4.69) is 23.7 Å². The Hall–Kier alpha value is -1.40. The highest BCUT2D eigenvalue weighted by Crippen LogP contribution is 2.18. The number of carbonyl (C=O) groups is 2. The maximum Gasteiger partial charge on any atom is 0.224 e. The van der Waals surface area contributed by atoms with Gasteiger partial charge in [0.2, 0.25) is 11.8 Å². The van der Waals surface area contributed by atoms with Crippen LogP contribution in [0.1, 0.15) is 23.3 Å². The monoisotopic (exact) mass is 324 g/mol. The van der Waals surface area contributed by atoms with E-state index in [0.29, 0.717) is 39.1 Å². The third-order valence-corrected chi connectivity index (χ3v) is 5.14. The maximum absolute atomic E-state index is 12.3. The zero-order valence-corrected chi connectivity index (χ0v) is 14.1. The van der Waals surface area contributed by atoms with Crippen LogP contribution in [0.15, 0.2) is 11.4 Å². The average Bonchev–Trinajstić information content (AvgIpc) is 2.91. The van der Waals surface area contributed by atoms with E-state index in [-0.39, 0.29) is 17.7 Å². The molecule has 2 amide bonds. The minimum Gasteiger partial charge on any atom is -0.383 e. The summed E-state index contributed by atoms with van der Waals surface area (Å²) >= 11 is 1.73. The molecular formula is C16H24N2O3S. The molecule has 0 aliphatic carbocycles. The lowest BCUT2D eigenvalue weighted by atomic mass is 9.96. The van der Waals surface area contributed by atoms with Gasteiger partial charge in [-0.15, -0.1) is 11.3 Å². The number of nitrogens with one attached hydrogen (secondary N) is 1. The molecule has 1 aliphatic heterocycles. The molecule has 5 nitrogen and oxygen atoms in total. The number of likely N-dealkylation sites (tertiary alicyclic amines) is 1. The minimum atomic E-state index is -0.0982. The Bertz CT molecular complexity index is 515. The number of hydrogen-bond acceptors (Lipinski definition) is 4. The van der Waals surface area contributed by atoms with Gasteiger partial charge in [-0.1, -0.05) is 0 Å². The smallest absolute Gasteiger partial charge is 0.224 e. The van der Waals surface area contributed by atoms with E-state index >= 15 is 0 Å². The van der Waals surface area contributed by atoms with Crippen LogP contribution in [0.5, 0.6) is 0 Å². The Kier molecular flexibility index (Phi) is 6.39. The zero-order chi connectivity index (χ0) is 15.9. The number of carbonyl (C=O) groups excluding carboxylic acids is 2. The lowest BCUT2D eigenvalue weighted by Gasteiger charge is -2.31. The number of piperidine rings is 1. The third kappa shape index (κ3) is 4.55. The molecule has 0 aromatic carbocycles. The van der Waals surface area contributed by atoms with Crippen LogP contribution in [0.2, 0.25) is 0 Å². The minimum absolute atomic E-state index is 0.0594. The number of hydrogen-bond donors (Lipinski definition) is 1. The van der Waals surface area contributed by atoms with Crippen molar-refractivity contribution >= 4 is 23.2 Å². The fraction of sp³-hybridized carbons (Fsp3) is 0.625. The van der Waals surface area contributed by atoms with Crippen molar-refractivity contribution < 1.29 is 14.3 Å². The number of thiophene rings is 1. The van der Waals surface area contributed by atoms with Crippen LogP contribution >= 0.6 is 11.3 Å². The Morgan fingerprint density at radius 3 is 3.05 bits per heavy atom. The van der Waals surface area contributed by atoms with Crippen molar-refractivity contribution in [1.29, 1.82) is 0 Å². The molecule has 6 heteroatoms. The van der Waals surface area contributed by atoms with E-state index in [0.717, 1.165) is 6.42 Å². The zero-order valence-electron chi connectivity index (χ0n) is 13.3. The van der Waals surface area contributed by atoms with E-state index < -0.39 is 0 Å². The summed E-state index contributed by atoms with van der Waals surface area (Å²) in [7, 11) is 1.62. The molecule has 0 radical (unpaired) electrons. The molecule has 2 rings (SSSR count). The van der Waals surface area contributed by atoms with Crippen LogP contribution in [0.4, 0.5) is 0 Å².